The highest BCUT2D eigenvalue weighted by Crippen LogP contribution is 2.33. The summed E-state index contributed by atoms with van der Waals surface area (Å²) in [6.07, 6.45) is 0.423. The summed E-state index contributed by atoms with van der Waals surface area (Å²) < 4.78 is 237. The zero-order valence-electron chi connectivity index (χ0n) is 88.3. The van der Waals surface area contributed by atoms with Gasteiger partial charge in [-0.15, -0.1) is 0 Å². The first-order valence-electron chi connectivity index (χ1n) is 51.7. The number of thiocarbonyl (C=S) groups is 1. The summed E-state index contributed by atoms with van der Waals surface area (Å²) in [5.41, 5.74) is 0.876. The lowest BCUT2D eigenvalue weighted by molar-refractivity contribution is -0.145. The molecule has 46 nitrogen and oxygen atoms in total. The second-order valence-corrected chi connectivity index (χ2v) is 32.4. The number of esters is 1. The highest BCUT2D eigenvalue weighted by molar-refractivity contribution is 8.24. The smallest absolute Gasteiger partial charge is 0.305 e. The third-order valence-corrected chi connectivity index (χ3v) is 20.0. The van der Waals surface area contributed by atoms with Crippen molar-refractivity contribution >= 4 is 34.1 Å². The predicted molar refractivity (Wildman–Crippen MR) is 541 cm³/mol. The van der Waals surface area contributed by atoms with Crippen LogP contribution < -0.4 is 0 Å². The molecule has 1 aromatic carbocycles. The monoisotopic (exact) mass is 2170 g/mol. The van der Waals surface area contributed by atoms with Gasteiger partial charge >= 0.3 is 5.97 Å². The number of rotatable bonds is 133. The van der Waals surface area contributed by atoms with E-state index in [2.05, 4.69) is 6.07 Å². The summed E-state index contributed by atoms with van der Waals surface area (Å²) in [6.45, 7) is 40.8. The maximum Gasteiger partial charge on any atom is 0.305 e. The first-order valence-corrected chi connectivity index (χ1v) is 52.9. The van der Waals surface area contributed by atoms with Gasteiger partial charge in [-0.2, -0.15) is 5.26 Å². The normalized spacial score (nSPS) is 12.1. The van der Waals surface area contributed by atoms with Crippen LogP contribution in [-0.2, 0) is 208 Å². The Bertz CT molecular complexity index is 2560. The molecule has 0 aliphatic carbocycles. The third kappa shape index (κ3) is 121. The van der Waals surface area contributed by atoms with Crippen LogP contribution in [0.15, 0.2) is 30.3 Å². The Morgan fingerprint density at radius 3 is 0.449 bits per heavy atom. The van der Waals surface area contributed by atoms with E-state index in [-0.39, 0.29) is 32.2 Å². The van der Waals surface area contributed by atoms with Crippen LogP contribution in [-0.4, -0.2) is 588 Å². The number of benzene rings is 1. The number of hydrogen-bond acceptors (Lipinski definition) is 48. The molecule has 1 N–H and O–H groups in total. The van der Waals surface area contributed by atoms with Gasteiger partial charge in [0.2, 0.25) is 0 Å². The van der Waals surface area contributed by atoms with Crippen LogP contribution >= 0.6 is 24.0 Å². The molecule has 0 spiro atoms. The van der Waals surface area contributed by atoms with E-state index in [1.807, 2.05) is 30.3 Å². The molecule has 0 aromatic heterocycles. The van der Waals surface area contributed by atoms with Crippen LogP contribution in [0.5, 0.6) is 0 Å². The van der Waals surface area contributed by atoms with Crippen molar-refractivity contribution in [2.75, 3.05) is 568 Å². The van der Waals surface area contributed by atoms with Gasteiger partial charge in [-0.05, 0) is 18.9 Å². The quantitative estimate of drug-likeness (QED) is 0.0555. The fourth-order valence-electron chi connectivity index (χ4n) is 10.8. The molecule has 0 aliphatic heterocycles. The van der Waals surface area contributed by atoms with Crippen LogP contribution in [0.3, 0.4) is 0 Å². The topological polar surface area (TPSA) is 458 Å². The molecule has 1 atom stereocenters. The van der Waals surface area contributed by atoms with Crippen molar-refractivity contribution in [2.24, 2.45) is 0 Å². The molecule has 0 heterocycles. The molecule has 147 heavy (non-hydrogen) atoms. The fourth-order valence-corrected chi connectivity index (χ4v) is 12.4. The maximum absolute atomic E-state index is 12.2. The standard InChI is InChI=1S/C99H185NO45S2/c1-99(95-100,147-98(146)96-5-3-2-4-6-96)8-7-97(102)145-94-93-144-92-91-143-90-89-142-88-87-141-86-85-140-84-83-139-82-81-138-80-79-137-78-77-136-76-75-135-74-73-134-72-71-133-70-69-132-68-67-131-66-65-130-64-63-129-62-61-128-60-59-127-58-57-126-56-55-125-54-53-124-52-51-123-50-49-122-48-47-121-46-45-120-44-43-119-42-41-118-40-39-117-38-37-116-36-35-115-34-33-114-32-31-113-30-29-112-28-27-111-26-25-110-24-23-109-22-21-108-20-19-107-18-17-106-16-15-105-14-13-104-12-11-103-10-9-101/h2-6,101H,7-94H2,1H3. The number of thioether (sulfide) groups is 1. The molecule has 1 unspecified atom stereocenters. The van der Waals surface area contributed by atoms with Crippen LogP contribution in [0.2, 0.25) is 0 Å². The van der Waals surface area contributed by atoms with Crippen molar-refractivity contribution in [3.63, 3.8) is 0 Å². The summed E-state index contributed by atoms with van der Waals surface area (Å²) >= 11 is 6.78. The van der Waals surface area contributed by atoms with Gasteiger partial charge in [0.05, 0.1) is 572 Å². The van der Waals surface area contributed by atoms with Gasteiger partial charge in [-0.25, -0.2) is 0 Å². The lowest BCUT2D eigenvalue weighted by Crippen LogP contribution is -2.22. The largest absolute Gasteiger partial charge is 0.463 e. The lowest BCUT2D eigenvalue weighted by atomic mass is 10.1. The van der Waals surface area contributed by atoms with Crippen molar-refractivity contribution in [3.8, 4) is 6.07 Å². The average molecular weight is 2170 g/mol. The van der Waals surface area contributed by atoms with Crippen LogP contribution in [0, 0.1) is 11.3 Å². The van der Waals surface area contributed by atoms with Gasteiger partial charge in [0, 0.05) is 6.42 Å². The minimum absolute atomic E-state index is 0.0136. The molecule has 1 rings (SSSR count). The van der Waals surface area contributed by atoms with Crippen molar-refractivity contribution in [3.05, 3.63) is 35.9 Å². The summed E-state index contributed by atoms with van der Waals surface area (Å²) in [6, 6.07) is 11.8. The van der Waals surface area contributed by atoms with E-state index in [0.717, 1.165) is 5.56 Å². The molecular formula is C99H185NO45S2. The minimum Gasteiger partial charge on any atom is -0.463 e. The van der Waals surface area contributed by atoms with E-state index >= 15 is 0 Å². The summed E-state index contributed by atoms with van der Waals surface area (Å²) in [7, 11) is 0. The first kappa shape index (κ1) is 142. The molecule has 0 amide bonds. The number of carbonyl (C=O) groups is 1. The van der Waals surface area contributed by atoms with Crippen molar-refractivity contribution < 1.29 is 214 Å². The highest BCUT2D eigenvalue weighted by Gasteiger charge is 2.29. The number of nitriles is 1. The van der Waals surface area contributed by atoms with Gasteiger partial charge in [-0.3, -0.25) is 4.79 Å². The fraction of sp³-hybridized carbons (Fsp3) is 0.909. The molecule has 0 saturated heterocycles. The zero-order chi connectivity index (χ0) is 105. The van der Waals surface area contributed by atoms with E-state index in [9.17, 15) is 10.1 Å². The predicted octanol–water partition coefficient (Wildman–Crippen LogP) is 3.39. The van der Waals surface area contributed by atoms with E-state index in [0.29, 0.717) is 559 Å². The first-order chi connectivity index (χ1) is 73.0. The number of ether oxygens (including phenoxy) is 43. The summed E-state index contributed by atoms with van der Waals surface area (Å²) in [4.78, 5) is 12.2. The highest BCUT2D eigenvalue weighted by atomic mass is 32.2. The minimum atomic E-state index is -0.840. The van der Waals surface area contributed by atoms with E-state index in [1.54, 1.807) is 6.92 Å². The molecular weight excluding hydrogens is 1990 g/mol. The maximum atomic E-state index is 12.2. The van der Waals surface area contributed by atoms with Crippen LogP contribution in [0.25, 0.3) is 0 Å². The molecule has 0 fully saturated rings. The van der Waals surface area contributed by atoms with Gasteiger partial charge in [-0.1, -0.05) is 54.3 Å². The second kappa shape index (κ2) is 128. The van der Waals surface area contributed by atoms with Gasteiger partial charge in [0.15, 0.2) is 0 Å². The lowest BCUT2D eigenvalue weighted by Gasteiger charge is -2.20. The van der Waals surface area contributed by atoms with Crippen molar-refractivity contribution in [2.45, 2.75) is 24.5 Å². The molecule has 0 bridgehead atoms. The zero-order valence-corrected chi connectivity index (χ0v) is 89.9. The number of nitrogens with zero attached hydrogens (tertiary/aromatic N) is 1. The van der Waals surface area contributed by atoms with Crippen molar-refractivity contribution in [1.29, 1.82) is 5.26 Å². The molecule has 868 valence electrons. The van der Waals surface area contributed by atoms with Gasteiger partial charge in [0.1, 0.15) is 11.4 Å². The molecule has 1 aromatic rings. The number of carbonyl (C=O) groups excluding carboxylic acids is 1. The Labute approximate surface area is 883 Å². The molecule has 0 radical (unpaired) electrons. The SMILES string of the molecule is CC(C#N)(CCC(=O)OCCOCCOCCOCCOCCOCCOCCOCCOCCOCCOCCOCCOCCOCCOCCOCCOCCOCCOCCOCCOCCOCCOCCOCCOCCOCCOCCOCCOCCOCCOCCOCCOCCOCCOCCOCCOCCOCCOCCOCCOCCOCCOCCO)SC(=S)c1ccccc1. The number of aliphatic hydroxyl groups excluding tert-OH is 1. The molecule has 0 saturated carbocycles. The Morgan fingerprint density at radius 2 is 0.333 bits per heavy atom. The Balaban J connectivity index is 1.59. The summed E-state index contributed by atoms with van der Waals surface area (Å²) in [5, 5.41) is 18.3. The van der Waals surface area contributed by atoms with E-state index in [1.165, 1.54) is 11.8 Å². The Morgan fingerprint density at radius 1 is 0.218 bits per heavy atom. The van der Waals surface area contributed by atoms with Crippen LogP contribution in [0.1, 0.15) is 25.3 Å². The van der Waals surface area contributed by atoms with E-state index in [4.69, 9.17) is 221 Å². The average Bonchev–Trinajstić information content (AvgIpc) is 0.859. The summed E-state index contributed by atoms with van der Waals surface area (Å²) in [5.74, 6) is -0.387. The van der Waals surface area contributed by atoms with Gasteiger partial charge < -0.3 is 209 Å². The van der Waals surface area contributed by atoms with Crippen molar-refractivity contribution in [1.82, 2.24) is 0 Å². The Kier molecular flexibility index (Phi) is 124. The van der Waals surface area contributed by atoms with Gasteiger partial charge in [0.25, 0.3) is 0 Å². The molecule has 0 aliphatic rings. The third-order valence-electron chi connectivity index (χ3n) is 18.3. The Hall–Kier alpha value is -3.10. The molecule has 48 heteroatoms. The van der Waals surface area contributed by atoms with E-state index < -0.39 is 4.75 Å². The number of aliphatic hydroxyl groups is 1. The van der Waals surface area contributed by atoms with Crippen LogP contribution in [0.4, 0.5) is 0 Å². The number of hydrogen-bond donors (Lipinski definition) is 1. The second-order valence-electron chi connectivity index (χ2n) is 30.3.